The highest BCUT2D eigenvalue weighted by molar-refractivity contribution is 5.78. The van der Waals surface area contributed by atoms with Gasteiger partial charge in [0.2, 0.25) is 0 Å². The quantitative estimate of drug-likeness (QED) is 0.721. The van der Waals surface area contributed by atoms with Crippen molar-refractivity contribution >= 4 is 16.7 Å². The van der Waals surface area contributed by atoms with Gasteiger partial charge < -0.3 is 15.5 Å². The Kier molecular flexibility index (Phi) is 2.29. The fraction of sp³-hybridized carbons (Fsp3) is 0.417. The minimum atomic E-state index is 0.127. The molecule has 1 aliphatic rings. The van der Waals surface area contributed by atoms with Gasteiger partial charge in [-0.1, -0.05) is 0 Å². The van der Waals surface area contributed by atoms with Crippen LogP contribution in [0.4, 0.5) is 5.69 Å². The van der Waals surface area contributed by atoms with Gasteiger partial charge in [-0.3, -0.25) is 0 Å². The first-order chi connectivity index (χ1) is 7.83. The summed E-state index contributed by atoms with van der Waals surface area (Å²) in [5.41, 5.74) is 8.44. The Morgan fingerprint density at radius 2 is 2.31 bits per heavy atom. The third kappa shape index (κ3) is 1.65. The van der Waals surface area contributed by atoms with E-state index in [9.17, 15) is 0 Å². The maximum atomic E-state index is 5.73. The third-order valence-electron chi connectivity index (χ3n) is 3.01. The zero-order chi connectivity index (χ0) is 11.0. The Morgan fingerprint density at radius 1 is 1.38 bits per heavy atom. The molecule has 1 aromatic carbocycles. The number of hydrogen-bond acceptors (Lipinski definition) is 3. The molecule has 1 fully saturated rings. The number of nitrogens with two attached hydrogens (primary N) is 1. The fourth-order valence-corrected chi connectivity index (χ4v) is 2.16. The van der Waals surface area contributed by atoms with Crippen LogP contribution in [0.5, 0.6) is 0 Å². The summed E-state index contributed by atoms with van der Waals surface area (Å²) in [6.45, 7) is 0.837. The number of nitrogen functional groups attached to an aromatic ring is 1. The van der Waals surface area contributed by atoms with Crippen LogP contribution in [0.2, 0.25) is 0 Å². The van der Waals surface area contributed by atoms with Gasteiger partial charge in [-0.05, 0) is 37.5 Å². The molecular weight excluding hydrogens is 202 g/mol. The van der Waals surface area contributed by atoms with Gasteiger partial charge in [0.1, 0.15) is 11.9 Å². The van der Waals surface area contributed by atoms with E-state index in [0.717, 1.165) is 42.0 Å². The summed E-state index contributed by atoms with van der Waals surface area (Å²) in [6.07, 6.45) is 3.55. The normalized spacial score (nSPS) is 21.4. The van der Waals surface area contributed by atoms with Crippen LogP contribution in [0.1, 0.15) is 31.2 Å². The molecule has 3 N–H and O–H groups in total. The number of hydrogen-bond donors (Lipinski definition) is 2. The summed E-state index contributed by atoms with van der Waals surface area (Å²) >= 11 is 0. The molecule has 84 valence electrons. The minimum absolute atomic E-state index is 0.127. The van der Waals surface area contributed by atoms with Crippen LogP contribution in [0.15, 0.2) is 18.2 Å². The lowest BCUT2D eigenvalue weighted by Crippen LogP contribution is -2.12. The van der Waals surface area contributed by atoms with E-state index < -0.39 is 0 Å². The Labute approximate surface area is 93.8 Å². The van der Waals surface area contributed by atoms with Crippen molar-refractivity contribution in [3.05, 3.63) is 24.0 Å². The number of H-pyrrole nitrogens is 1. The molecule has 0 spiro atoms. The lowest BCUT2D eigenvalue weighted by atomic mass is 10.1. The lowest BCUT2D eigenvalue weighted by Gasteiger charge is -2.20. The Hall–Kier alpha value is -1.55. The van der Waals surface area contributed by atoms with Crippen LogP contribution in [0.3, 0.4) is 0 Å². The summed E-state index contributed by atoms with van der Waals surface area (Å²) in [5, 5.41) is 0. The number of imidazole rings is 1. The molecule has 1 aromatic heterocycles. The number of benzene rings is 1. The van der Waals surface area contributed by atoms with Crippen molar-refractivity contribution in [2.75, 3.05) is 12.3 Å². The van der Waals surface area contributed by atoms with E-state index >= 15 is 0 Å². The molecule has 0 saturated carbocycles. The number of nitrogens with one attached hydrogen (secondary N) is 1. The van der Waals surface area contributed by atoms with Crippen molar-refractivity contribution < 1.29 is 4.74 Å². The first kappa shape index (κ1) is 9.66. The molecule has 0 aliphatic carbocycles. The molecule has 2 aromatic rings. The number of nitrogens with zero attached hydrogens (tertiary/aromatic N) is 1. The molecule has 0 amide bonds. The van der Waals surface area contributed by atoms with Crippen molar-refractivity contribution in [3.8, 4) is 0 Å². The zero-order valence-corrected chi connectivity index (χ0v) is 9.07. The summed E-state index contributed by atoms with van der Waals surface area (Å²) in [6, 6.07) is 5.72. The average Bonchev–Trinajstić information content (AvgIpc) is 2.73. The highest BCUT2D eigenvalue weighted by Crippen LogP contribution is 2.27. The molecule has 3 rings (SSSR count). The van der Waals surface area contributed by atoms with E-state index in [1.54, 1.807) is 0 Å². The summed E-state index contributed by atoms with van der Waals surface area (Å²) in [7, 11) is 0. The Bertz CT molecular complexity index is 500. The predicted molar refractivity (Wildman–Crippen MR) is 63.1 cm³/mol. The second-order valence-electron chi connectivity index (χ2n) is 4.25. The van der Waals surface area contributed by atoms with E-state index in [1.165, 1.54) is 6.42 Å². The largest absolute Gasteiger partial charge is 0.399 e. The van der Waals surface area contributed by atoms with Crippen LogP contribution in [-0.4, -0.2) is 16.6 Å². The Morgan fingerprint density at radius 3 is 3.12 bits per heavy atom. The third-order valence-corrected chi connectivity index (χ3v) is 3.01. The standard InChI is InChI=1S/C12H15N3O/c13-8-4-5-9-10(7-8)15-12(14-9)11-3-1-2-6-16-11/h4-5,7,11H,1-3,6,13H2,(H,14,15). The molecule has 1 unspecified atom stereocenters. The van der Waals surface area contributed by atoms with Crippen LogP contribution in [0, 0.1) is 0 Å². The van der Waals surface area contributed by atoms with Crippen molar-refractivity contribution in [2.45, 2.75) is 25.4 Å². The van der Waals surface area contributed by atoms with Crippen molar-refractivity contribution in [1.82, 2.24) is 9.97 Å². The van der Waals surface area contributed by atoms with Crippen LogP contribution in [0.25, 0.3) is 11.0 Å². The van der Waals surface area contributed by atoms with E-state index in [0.29, 0.717) is 0 Å². The fourth-order valence-electron chi connectivity index (χ4n) is 2.16. The SMILES string of the molecule is Nc1ccc2nc(C3CCCCO3)[nH]c2c1. The number of rotatable bonds is 1. The summed E-state index contributed by atoms with van der Waals surface area (Å²) in [5.74, 6) is 0.931. The van der Waals surface area contributed by atoms with Gasteiger partial charge in [0, 0.05) is 12.3 Å². The smallest absolute Gasteiger partial charge is 0.136 e. The second kappa shape index (κ2) is 3.79. The molecule has 1 saturated heterocycles. The molecule has 4 nitrogen and oxygen atoms in total. The van der Waals surface area contributed by atoms with E-state index in [4.69, 9.17) is 10.5 Å². The van der Waals surface area contributed by atoms with Gasteiger partial charge in [0.15, 0.2) is 0 Å². The van der Waals surface area contributed by atoms with Crippen LogP contribution < -0.4 is 5.73 Å². The molecule has 2 heterocycles. The highest BCUT2D eigenvalue weighted by atomic mass is 16.5. The van der Waals surface area contributed by atoms with E-state index in [-0.39, 0.29) is 6.10 Å². The average molecular weight is 217 g/mol. The molecule has 4 heteroatoms. The molecule has 1 aliphatic heterocycles. The zero-order valence-electron chi connectivity index (χ0n) is 9.07. The van der Waals surface area contributed by atoms with E-state index in [2.05, 4.69) is 9.97 Å². The van der Waals surface area contributed by atoms with Crippen molar-refractivity contribution in [3.63, 3.8) is 0 Å². The number of anilines is 1. The topological polar surface area (TPSA) is 63.9 Å². The lowest BCUT2D eigenvalue weighted by molar-refractivity contribution is 0.0101. The van der Waals surface area contributed by atoms with Gasteiger partial charge in [-0.15, -0.1) is 0 Å². The number of ether oxygens (including phenoxy) is 1. The van der Waals surface area contributed by atoms with Gasteiger partial charge in [0.25, 0.3) is 0 Å². The first-order valence-electron chi connectivity index (χ1n) is 5.70. The highest BCUT2D eigenvalue weighted by Gasteiger charge is 2.19. The summed E-state index contributed by atoms with van der Waals surface area (Å²) in [4.78, 5) is 7.83. The minimum Gasteiger partial charge on any atom is -0.399 e. The number of fused-ring (bicyclic) bond motifs is 1. The van der Waals surface area contributed by atoms with Gasteiger partial charge >= 0.3 is 0 Å². The molecule has 1 atom stereocenters. The number of aromatic nitrogens is 2. The Balaban J connectivity index is 1.97. The maximum Gasteiger partial charge on any atom is 0.136 e. The summed E-state index contributed by atoms with van der Waals surface area (Å²) < 4.78 is 5.70. The van der Waals surface area contributed by atoms with Crippen LogP contribution >= 0.6 is 0 Å². The second-order valence-corrected chi connectivity index (χ2v) is 4.25. The molecule has 16 heavy (non-hydrogen) atoms. The monoisotopic (exact) mass is 217 g/mol. The van der Waals surface area contributed by atoms with Gasteiger partial charge in [0.05, 0.1) is 11.0 Å². The van der Waals surface area contributed by atoms with Crippen molar-refractivity contribution in [2.24, 2.45) is 0 Å². The molecule has 0 bridgehead atoms. The van der Waals surface area contributed by atoms with Crippen LogP contribution in [-0.2, 0) is 4.74 Å². The maximum absolute atomic E-state index is 5.73. The molecular formula is C12H15N3O. The van der Waals surface area contributed by atoms with Gasteiger partial charge in [-0.25, -0.2) is 4.98 Å². The van der Waals surface area contributed by atoms with Gasteiger partial charge in [-0.2, -0.15) is 0 Å². The molecule has 0 radical (unpaired) electrons. The van der Waals surface area contributed by atoms with E-state index in [1.807, 2.05) is 18.2 Å². The van der Waals surface area contributed by atoms with Crippen molar-refractivity contribution in [1.29, 1.82) is 0 Å². The first-order valence-corrected chi connectivity index (χ1v) is 5.70. The predicted octanol–water partition coefficient (Wildman–Crippen LogP) is 2.39. The number of aromatic amines is 1.